The van der Waals surface area contributed by atoms with Gasteiger partial charge in [0.05, 0.1) is 45.2 Å². The van der Waals surface area contributed by atoms with Gasteiger partial charge in [-0.25, -0.2) is 4.79 Å². The molecule has 242 valence electrons. The van der Waals surface area contributed by atoms with E-state index in [4.69, 9.17) is 23.7 Å². The lowest BCUT2D eigenvalue weighted by atomic mass is 9.77. The van der Waals surface area contributed by atoms with Crippen LogP contribution in [0.5, 0.6) is 23.0 Å². The van der Waals surface area contributed by atoms with Gasteiger partial charge in [0.15, 0.2) is 0 Å². The van der Waals surface area contributed by atoms with Crippen LogP contribution in [-0.2, 0) is 21.7 Å². The molecular formula is C37H36N2O7S. The Kier molecular flexibility index (Phi) is 9.15. The Morgan fingerprint density at radius 2 is 1.43 bits per heavy atom. The summed E-state index contributed by atoms with van der Waals surface area (Å²) >= 11 is 1.10. The van der Waals surface area contributed by atoms with Crippen LogP contribution in [0.4, 0.5) is 0 Å². The second-order valence-electron chi connectivity index (χ2n) is 11.8. The largest absolute Gasteiger partial charge is 0.497 e. The van der Waals surface area contributed by atoms with Gasteiger partial charge in [0, 0.05) is 23.1 Å². The zero-order valence-corrected chi connectivity index (χ0v) is 27.7. The Balaban J connectivity index is 1.58. The molecule has 1 aliphatic heterocycles. The quantitative estimate of drug-likeness (QED) is 0.144. The molecule has 2 heterocycles. The lowest BCUT2D eigenvalue weighted by Crippen LogP contribution is -2.32. The molecule has 0 fully saturated rings. The number of fused-ring (bicyclic) bond motifs is 1. The maximum atomic E-state index is 14.0. The Bertz CT molecular complexity index is 1900. The predicted molar refractivity (Wildman–Crippen MR) is 180 cm³/mol. The third kappa shape index (κ3) is 6.52. The van der Waals surface area contributed by atoms with Crippen LogP contribution in [0.25, 0.3) is 16.6 Å². The molecule has 1 aliphatic rings. The Hall–Kier alpha value is -4.93. The molecule has 0 aliphatic carbocycles. The minimum atomic E-state index is -2.10. The fraction of sp³-hybridized carbons (Fsp3) is 0.270. The summed E-state index contributed by atoms with van der Waals surface area (Å²) in [5.41, 5.74) is 4.69. The van der Waals surface area contributed by atoms with Gasteiger partial charge in [-0.2, -0.15) is 8.75 Å². The number of hydrogen-bond donors (Lipinski definition) is 1. The second kappa shape index (κ2) is 13.4. The van der Waals surface area contributed by atoms with Gasteiger partial charge in [-0.15, -0.1) is 0 Å². The van der Waals surface area contributed by atoms with Gasteiger partial charge in [0.25, 0.3) is 5.79 Å². The summed E-state index contributed by atoms with van der Waals surface area (Å²) in [5.74, 6) is -0.367. The van der Waals surface area contributed by atoms with E-state index in [0.717, 1.165) is 34.1 Å². The standard InChI is InChI=1S/C37H36N2O7S/c1-22(2)21-45-28-11-6-24(7-12-28)31(18-23-16-29(43-4)20-30(17-23)44-5)35-34(25-8-15-32-33(19-25)39-47-38-32)36(40)46-37(35,41)26-9-13-27(42-3)14-10-26/h6-17,19-20,22,31,41H,18,21H2,1-5H3. The molecular weight excluding hydrogens is 616 g/mol. The molecule has 1 aromatic heterocycles. The average molecular weight is 653 g/mol. The molecule has 0 amide bonds. The van der Waals surface area contributed by atoms with E-state index in [-0.39, 0.29) is 5.57 Å². The molecule has 0 spiro atoms. The monoisotopic (exact) mass is 652 g/mol. The Morgan fingerprint density at radius 1 is 0.787 bits per heavy atom. The zero-order valence-electron chi connectivity index (χ0n) is 26.9. The Morgan fingerprint density at radius 3 is 2.06 bits per heavy atom. The van der Waals surface area contributed by atoms with Crippen molar-refractivity contribution in [3.63, 3.8) is 0 Å². The van der Waals surface area contributed by atoms with Gasteiger partial charge < -0.3 is 28.8 Å². The topological polar surface area (TPSA) is 109 Å². The maximum absolute atomic E-state index is 14.0. The van der Waals surface area contributed by atoms with Crippen molar-refractivity contribution < 1.29 is 33.6 Å². The fourth-order valence-corrected chi connectivity index (χ4v) is 6.36. The second-order valence-corrected chi connectivity index (χ2v) is 12.3. The highest BCUT2D eigenvalue weighted by Crippen LogP contribution is 2.51. The van der Waals surface area contributed by atoms with Crippen molar-refractivity contribution in [2.45, 2.75) is 32.0 Å². The lowest BCUT2D eigenvalue weighted by molar-refractivity contribution is -0.186. The smallest absolute Gasteiger partial charge is 0.342 e. The number of hydrogen-bond acceptors (Lipinski definition) is 10. The van der Waals surface area contributed by atoms with E-state index in [1.165, 1.54) is 0 Å². The van der Waals surface area contributed by atoms with E-state index >= 15 is 0 Å². The fourth-order valence-electron chi connectivity index (χ4n) is 5.84. The number of methoxy groups -OCH3 is 3. The zero-order chi connectivity index (χ0) is 33.1. The first-order chi connectivity index (χ1) is 22.7. The number of rotatable bonds is 12. The summed E-state index contributed by atoms with van der Waals surface area (Å²) < 4.78 is 37.2. The number of aromatic nitrogens is 2. The van der Waals surface area contributed by atoms with E-state index in [9.17, 15) is 9.90 Å². The van der Waals surface area contributed by atoms with Gasteiger partial charge in [-0.1, -0.05) is 32.0 Å². The first kappa shape index (κ1) is 32.0. The number of benzene rings is 4. The number of cyclic esters (lactones) is 1. The molecule has 5 aromatic rings. The molecule has 9 nitrogen and oxygen atoms in total. The number of carbonyl (C=O) groups excluding carboxylic acids is 1. The van der Waals surface area contributed by atoms with E-state index in [1.807, 2.05) is 54.6 Å². The molecule has 0 saturated carbocycles. The van der Waals surface area contributed by atoms with Crippen LogP contribution in [0.2, 0.25) is 0 Å². The summed E-state index contributed by atoms with van der Waals surface area (Å²) in [6.45, 7) is 4.77. The minimum absolute atomic E-state index is 0.262. The van der Waals surface area contributed by atoms with E-state index < -0.39 is 17.7 Å². The maximum Gasteiger partial charge on any atom is 0.342 e. The molecule has 0 radical (unpaired) electrons. The highest BCUT2D eigenvalue weighted by atomic mass is 32.1. The summed E-state index contributed by atoms with van der Waals surface area (Å²) in [7, 11) is 4.77. The molecule has 2 unspecified atom stereocenters. The van der Waals surface area contributed by atoms with Gasteiger partial charge >= 0.3 is 5.97 Å². The van der Waals surface area contributed by atoms with Crippen LogP contribution >= 0.6 is 11.7 Å². The molecule has 1 N–H and O–H groups in total. The number of aliphatic hydroxyl groups is 1. The lowest BCUT2D eigenvalue weighted by Gasteiger charge is -2.31. The van der Waals surface area contributed by atoms with Crippen molar-refractivity contribution in [1.82, 2.24) is 8.75 Å². The van der Waals surface area contributed by atoms with Crippen LogP contribution in [-0.4, -0.2) is 47.8 Å². The van der Waals surface area contributed by atoms with E-state index in [0.29, 0.717) is 58.4 Å². The van der Waals surface area contributed by atoms with E-state index in [1.54, 1.807) is 51.7 Å². The number of esters is 1. The van der Waals surface area contributed by atoms with Crippen molar-refractivity contribution in [2.24, 2.45) is 5.92 Å². The number of ether oxygens (including phenoxy) is 5. The number of carbonyl (C=O) groups is 1. The van der Waals surface area contributed by atoms with Crippen LogP contribution in [0.1, 0.15) is 42.0 Å². The first-order valence-corrected chi connectivity index (χ1v) is 16.0. The summed E-state index contributed by atoms with van der Waals surface area (Å²) in [5, 5.41) is 12.6. The molecule has 2 atom stereocenters. The molecule has 6 rings (SSSR count). The van der Waals surface area contributed by atoms with Gasteiger partial charge in [0.2, 0.25) is 0 Å². The van der Waals surface area contributed by atoms with Crippen LogP contribution in [0, 0.1) is 5.92 Å². The van der Waals surface area contributed by atoms with Gasteiger partial charge in [-0.3, -0.25) is 0 Å². The number of nitrogens with zero attached hydrogens (tertiary/aromatic N) is 2. The van der Waals surface area contributed by atoms with Crippen LogP contribution in [0.15, 0.2) is 90.5 Å². The van der Waals surface area contributed by atoms with Gasteiger partial charge in [0.1, 0.15) is 34.0 Å². The average Bonchev–Trinajstić information content (AvgIpc) is 3.67. The van der Waals surface area contributed by atoms with Crippen molar-refractivity contribution in [3.8, 4) is 23.0 Å². The third-order valence-corrected chi connectivity index (χ3v) is 8.72. The van der Waals surface area contributed by atoms with Crippen molar-refractivity contribution >= 4 is 34.3 Å². The molecule has 47 heavy (non-hydrogen) atoms. The van der Waals surface area contributed by atoms with Crippen LogP contribution in [0.3, 0.4) is 0 Å². The van der Waals surface area contributed by atoms with Crippen molar-refractivity contribution in [3.05, 3.63) is 113 Å². The van der Waals surface area contributed by atoms with Crippen molar-refractivity contribution in [2.75, 3.05) is 27.9 Å². The molecule has 4 aromatic carbocycles. The first-order valence-electron chi connectivity index (χ1n) is 15.2. The highest BCUT2D eigenvalue weighted by Gasteiger charge is 2.51. The SMILES string of the molecule is COc1ccc(C2(O)OC(=O)C(c3ccc4nsnc4c3)=C2C(Cc2cc(OC)cc(OC)c2)c2ccc(OCC(C)C)cc2)cc1. The van der Waals surface area contributed by atoms with E-state index in [2.05, 4.69) is 22.6 Å². The molecule has 10 heteroatoms. The molecule has 0 bridgehead atoms. The van der Waals surface area contributed by atoms with Crippen molar-refractivity contribution in [1.29, 1.82) is 0 Å². The highest BCUT2D eigenvalue weighted by molar-refractivity contribution is 7.00. The predicted octanol–water partition coefficient (Wildman–Crippen LogP) is 6.93. The summed E-state index contributed by atoms with van der Waals surface area (Å²) in [6.07, 6.45) is 0.369. The minimum Gasteiger partial charge on any atom is -0.497 e. The van der Waals surface area contributed by atoms with Crippen LogP contribution < -0.4 is 18.9 Å². The van der Waals surface area contributed by atoms with Gasteiger partial charge in [-0.05, 0) is 89.7 Å². The Labute approximate surface area is 277 Å². The summed E-state index contributed by atoms with van der Waals surface area (Å²) in [6, 6.07) is 25.7. The third-order valence-electron chi connectivity index (χ3n) is 8.17. The molecule has 0 saturated heterocycles. The normalized spacial score (nSPS) is 16.8. The summed E-state index contributed by atoms with van der Waals surface area (Å²) in [4.78, 5) is 14.0.